The first kappa shape index (κ1) is 15.0. The molecule has 0 atom stereocenters. The molecule has 1 heterocycles. The Morgan fingerprint density at radius 1 is 1.28 bits per heavy atom. The van der Waals surface area contributed by atoms with Crippen LogP contribution in [0, 0.1) is 6.92 Å². The summed E-state index contributed by atoms with van der Waals surface area (Å²) in [4.78, 5) is 2.44. The summed E-state index contributed by atoms with van der Waals surface area (Å²) in [5.74, 6) is 1.28. The largest absolute Gasteiger partial charge is 0.357 e. The third-order valence-electron chi connectivity index (χ3n) is 3.33. The highest BCUT2D eigenvalue weighted by Crippen LogP contribution is 2.23. The SMILES string of the molecule is CCCCN(CC)c1c(CNCC)c(C)nn1C. The molecule has 0 radical (unpaired) electrons. The van der Waals surface area contributed by atoms with Crippen molar-refractivity contribution in [2.75, 3.05) is 24.5 Å². The van der Waals surface area contributed by atoms with E-state index in [9.17, 15) is 0 Å². The van der Waals surface area contributed by atoms with E-state index < -0.39 is 0 Å². The molecule has 0 bridgehead atoms. The zero-order valence-corrected chi connectivity index (χ0v) is 12.6. The molecule has 4 heteroatoms. The molecular weight excluding hydrogens is 224 g/mol. The van der Waals surface area contributed by atoms with Crippen molar-refractivity contribution in [2.45, 2.75) is 47.1 Å². The van der Waals surface area contributed by atoms with Crippen LogP contribution in [0.1, 0.15) is 44.9 Å². The quantitative estimate of drug-likeness (QED) is 0.771. The second-order valence-electron chi connectivity index (χ2n) is 4.72. The lowest BCUT2D eigenvalue weighted by molar-refractivity contribution is 0.669. The van der Waals surface area contributed by atoms with Gasteiger partial charge in [0.25, 0.3) is 0 Å². The van der Waals surface area contributed by atoms with Crippen LogP contribution in [0.15, 0.2) is 0 Å². The van der Waals surface area contributed by atoms with Crippen LogP contribution in [0.4, 0.5) is 5.82 Å². The van der Waals surface area contributed by atoms with E-state index >= 15 is 0 Å². The zero-order valence-electron chi connectivity index (χ0n) is 12.6. The van der Waals surface area contributed by atoms with Gasteiger partial charge in [0.05, 0.1) is 5.69 Å². The smallest absolute Gasteiger partial charge is 0.131 e. The van der Waals surface area contributed by atoms with Crippen molar-refractivity contribution >= 4 is 5.82 Å². The van der Waals surface area contributed by atoms with Crippen molar-refractivity contribution in [3.63, 3.8) is 0 Å². The molecule has 0 aliphatic carbocycles. The number of nitrogens with one attached hydrogen (secondary N) is 1. The minimum Gasteiger partial charge on any atom is -0.357 e. The van der Waals surface area contributed by atoms with Gasteiger partial charge in [-0.2, -0.15) is 5.10 Å². The molecule has 104 valence electrons. The van der Waals surface area contributed by atoms with Gasteiger partial charge in [0.1, 0.15) is 5.82 Å². The summed E-state index contributed by atoms with van der Waals surface area (Å²) in [6, 6.07) is 0. The standard InChI is InChI=1S/C14H28N4/c1-6-9-10-18(8-3)14-13(11-15-7-2)12(4)16-17(14)5/h15H,6-11H2,1-5H3. The number of nitrogens with zero attached hydrogens (tertiary/aromatic N) is 3. The highest BCUT2D eigenvalue weighted by atomic mass is 15.4. The first-order chi connectivity index (χ1) is 8.65. The number of aromatic nitrogens is 2. The first-order valence-electron chi connectivity index (χ1n) is 7.13. The van der Waals surface area contributed by atoms with Crippen molar-refractivity contribution in [3.8, 4) is 0 Å². The summed E-state index contributed by atoms with van der Waals surface area (Å²) in [6.45, 7) is 12.8. The minimum atomic E-state index is 0.911. The molecule has 1 rings (SSSR count). The first-order valence-corrected chi connectivity index (χ1v) is 7.13. The Balaban J connectivity index is 2.95. The van der Waals surface area contributed by atoms with Gasteiger partial charge in [0, 0.05) is 32.2 Å². The Kier molecular flexibility index (Phi) is 6.19. The second kappa shape index (κ2) is 7.41. The molecule has 0 aliphatic rings. The highest BCUT2D eigenvalue weighted by Gasteiger charge is 2.17. The molecule has 0 spiro atoms. The molecule has 1 aromatic heterocycles. The Hall–Kier alpha value is -1.03. The molecule has 1 aromatic rings. The number of aryl methyl sites for hydroxylation is 2. The van der Waals surface area contributed by atoms with Crippen molar-refractivity contribution in [1.29, 1.82) is 0 Å². The fourth-order valence-corrected chi connectivity index (χ4v) is 2.31. The summed E-state index contributed by atoms with van der Waals surface area (Å²) in [6.07, 6.45) is 2.47. The van der Waals surface area contributed by atoms with Crippen LogP contribution < -0.4 is 10.2 Å². The van der Waals surface area contributed by atoms with Gasteiger partial charge in [-0.3, -0.25) is 4.68 Å². The van der Waals surface area contributed by atoms with Crippen LogP contribution in [-0.2, 0) is 13.6 Å². The fraction of sp³-hybridized carbons (Fsp3) is 0.786. The van der Waals surface area contributed by atoms with Gasteiger partial charge >= 0.3 is 0 Å². The maximum absolute atomic E-state index is 4.58. The van der Waals surface area contributed by atoms with Gasteiger partial charge in [0.2, 0.25) is 0 Å². The van der Waals surface area contributed by atoms with Gasteiger partial charge < -0.3 is 10.2 Å². The van der Waals surface area contributed by atoms with E-state index in [1.165, 1.54) is 24.2 Å². The van der Waals surface area contributed by atoms with Crippen molar-refractivity contribution < 1.29 is 0 Å². The normalized spacial score (nSPS) is 10.9. The lowest BCUT2D eigenvalue weighted by Crippen LogP contribution is -2.28. The summed E-state index contributed by atoms with van der Waals surface area (Å²) in [5, 5.41) is 7.99. The predicted octanol–water partition coefficient (Wildman–Crippen LogP) is 2.46. The monoisotopic (exact) mass is 252 g/mol. The molecule has 1 N–H and O–H groups in total. The highest BCUT2D eigenvalue weighted by molar-refractivity contribution is 5.50. The number of hydrogen-bond acceptors (Lipinski definition) is 3. The number of anilines is 1. The molecule has 4 nitrogen and oxygen atoms in total. The van der Waals surface area contributed by atoms with Gasteiger partial charge in [-0.15, -0.1) is 0 Å². The summed E-state index contributed by atoms with van der Waals surface area (Å²) >= 11 is 0. The van der Waals surface area contributed by atoms with Crippen LogP contribution in [0.2, 0.25) is 0 Å². The average Bonchev–Trinajstić information content (AvgIpc) is 2.63. The molecule has 0 saturated heterocycles. The number of rotatable bonds is 8. The van der Waals surface area contributed by atoms with Crippen molar-refractivity contribution in [2.24, 2.45) is 7.05 Å². The van der Waals surface area contributed by atoms with Crippen LogP contribution >= 0.6 is 0 Å². The Morgan fingerprint density at radius 3 is 2.56 bits per heavy atom. The molecule has 18 heavy (non-hydrogen) atoms. The van der Waals surface area contributed by atoms with E-state index in [0.717, 1.165) is 31.9 Å². The fourth-order valence-electron chi connectivity index (χ4n) is 2.31. The molecule has 0 aromatic carbocycles. The van der Waals surface area contributed by atoms with E-state index in [-0.39, 0.29) is 0 Å². The molecule has 0 fully saturated rings. The molecule has 0 saturated carbocycles. The van der Waals surface area contributed by atoms with E-state index in [1.54, 1.807) is 0 Å². The van der Waals surface area contributed by atoms with Crippen molar-refractivity contribution in [3.05, 3.63) is 11.3 Å². The van der Waals surface area contributed by atoms with Crippen LogP contribution in [0.3, 0.4) is 0 Å². The molecular formula is C14H28N4. The average molecular weight is 252 g/mol. The lowest BCUT2D eigenvalue weighted by atomic mass is 10.2. The molecule has 0 amide bonds. The Labute approximate surface area is 111 Å². The number of hydrogen-bond donors (Lipinski definition) is 1. The Morgan fingerprint density at radius 2 is 2.00 bits per heavy atom. The maximum Gasteiger partial charge on any atom is 0.131 e. The molecule has 0 unspecified atom stereocenters. The van der Waals surface area contributed by atoms with Crippen LogP contribution in [0.25, 0.3) is 0 Å². The number of unbranched alkanes of at least 4 members (excludes halogenated alkanes) is 1. The van der Waals surface area contributed by atoms with E-state index in [1.807, 2.05) is 11.7 Å². The van der Waals surface area contributed by atoms with Crippen LogP contribution in [0.5, 0.6) is 0 Å². The summed E-state index contributed by atoms with van der Waals surface area (Å²) in [5.41, 5.74) is 2.49. The maximum atomic E-state index is 4.58. The van der Waals surface area contributed by atoms with Crippen LogP contribution in [-0.4, -0.2) is 29.4 Å². The van der Waals surface area contributed by atoms with E-state index in [4.69, 9.17) is 0 Å². The molecule has 0 aliphatic heterocycles. The van der Waals surface area contributed by atoms with E-state index in [2.05, 4.69) is 43.0 Å². The van der Waals surface area contributed by atoms with Gasteiger partial charge in [-0.25, -0.2) is 0 Å². The minimum absolute atomic E-state index is 0.911. The summed E-state index contributed by atoms with van der Waals surface area (Å²) < 4.78 is 2.03. The topological polar surface area (TPSA) is 33.1 Å². The Bertz CT molecular complexity index is 357. The second-order valence-corrected chi connectivity index (χ2v) is 4.72. The third-order valence-corrected chi connectivity index (χ3v) is 3.33. The third kappa shape index (κ3) is 3.48. The van der Waals surface area contributed by atoms with E-state index in [0.29, 0.717) is 0 Å². The zero-order chi connectivity index (χ0) is 13.5. The van der Waals surface area contributed by atoms with Gasteiger partial charge in [-0.1, -0.05) is 20.3 Å². The van der Waals surface area contributed by atoms with Gasteiger partial charge in [0.15, 0.2) is 0 Å². The van der Waals surface area contributed by atoms with Crippen molar-refractivity contribution in [1.82, 2.24) is 15.1 Å². The summed E-state index contributed by atoms with van der Waals surface area (Å²) in [7, 11) is 2.05. The van der Waals surface area contributed by atoms with Gasteiger partial charge in [-0.05, 0) is 26.8 Å². The predicted molar refractivity (Wildman–Crippen MR) is 78.1 cm³/mol. The lowest BCUT2D eigenvalue weighted by Gasteiger charge is -2.24.